The van der Waals surface area contributed by atoms with Crippen molar-refractivity contribution in [1.82, 2.24) is 0 Å². The number of rotatable bonds is 7. The fraction of sp³-hybridized carbons (Fsp3) is 0.839. The van der Waals surface area contributed by atoms with Gasteiger partial charge in [0.15, 0.2) is 0 Å². The van der Waals surface area contributed by atoms with E-state index in [-0.39, 0.29) is 17.5 Å². The van der Waals surface area contributed by atoms with Crippen LogP contribution in [0.15, 0.2) is 23.3 Å². The minimum absolute atomic E-state index is 0.0835. The summed E-state index contributed by atoms with van der Waals surface area (Å²) >= 11 is 0. The van der Waals surface area contributed by atoms with E-state index >= 15 is 0 Å². The molecular formula is C31H50O2. The van der Waals surface area contributed by atoms with Gasteiger partial charge in [0.1, 0.15) is 6.10 Å². The molecule has 2 heteroatoms. The Hall–Kier alpha value is -1.05. The molecule has 3 fully saturated rings. The smallest absolute Gasteiger partial charge is 0.302 e. The van der Waals surface area contributed by atoms with Gasteiger partial charge in [0.25, 0.3) is 0 Å². The number of fused-ring (bicyclic) bond motifs is 5. The van der Waals surface area contributed by atoms with Crippen molar-refractivity contribution in [2.45, 2.75) is 119 Å². The Morgan fingerprint density at radius 1 is 1.03 bits per heavy atom. The zero-order valence-corrected chi connectivity index (χ0v) is 22.6. The molecule has 4 rings (SSSR count). The van der Waals surface area contributed by atoms with E-state index in [9.17, 15) is 4.79 Å². The number of esters is 1. The highest BCUT2D eigenvalue weighted by molar-refractivity contribution is 5.66. The number of hydrogen-bond donors (Lipinski definition) is 0. The Kier molecular flexibility index (Phi) is 7.24. The number of allylic oxidation sites excluding steroid dienone is 3. The molecule has 0 bridgehead atoms. The average Bonchev–Trinajstić information content (AvgIpc) is 3.11. The van der Waals surface area contributed by atoms with E-state index in [0.717, 1.165) is 48.9 Å². The molecule has 0 spiro atoms. The molecule has 0 aliphatic heterocycles. The van der Waals surface area contributed by atoms with E-state index in [0.29, 0.717) is 11.3 Å². The third-order valence-electron chi connectivity index (χ3n) is 11.1. The highest BCUT2D eigenvalue weighted by Crippen LogP contribution is 2.66. The third-order valence-corrected chi connectivity index (χ3v) is 11.1. The van der Waals surface area contributed by atoms with E-state index < -0.39 is 0 Å². The highest BCUT2D eigenvalue weighted by Gasteiger charge is 2.57. The lowest BCUT2D eigenvalue weighted by molar-refractivity contribution is -0.148. The average molecular weight is 455 g/mol. The highest BCUT2D eigenvalue weighted by atomic mass is 16.5. The van der Waals surface area contributed by atoms with Crippen molar-refractivity contribution in [3.05, 3.63) is 23.3 Å². The fourth-order valence-electron chi connectivity index (χ4n) is 8.97. The minimum atomic E-state index is -0.130. The first-order valence-corrected chi connectivity index (χ1v) is 14.2. The Bertz CT molecular complexity index is 791. The SMILES string of the molecule is CC[C@H](CC[C@H](C)[C@@H]1CC[C@@H]2C3=CC=C4C[C@H](OC(C)=O)CC[C@]4(C)[C@@H]3CC[C@]21C)C(C)C. The summed E-state index contributed by atoms with van der Waals surface area (Å²) in [6, 6.07) is 0. The predicted molar refractivity (Wildman–Crippen MR) is 138 cm³/mol. The van der Waals surface area contributed by atoms with Crippen LogP contribution in [0, 0.1) is 46.3 Å². The van der Waals surface area contributed by atoms with Gasteiger partial charge in [-0.2, -0.15) is 0 Å². The lowest BCUT2D eigenvalue weighted by atomic mass is 9.50. The second-order valence-electron chi connectivity index (χ2n) is 13.1. The van der Waals surface area contributed by atoms with Crippen LogP contribution in [0.25, 0.3) is 0 Å². The summed E-state index contributed by atoms with van der Waals surface area (Å²) < 4.78 is 5.61. The molecule has 2 nitrogen and oxygen atoms in total. The van der Waals surface area contributed by atoms with Crippen LogP contribution < -0.4 is 0 Å². The van der Waals surface area contributed by atoms with Crippen LogP contribution in [0.2, 0.25) is 0 Å². The van der Waals surface area contributed by atoms with Crippen LogP contribution >= 0.6 is 0 Å². The second-order valence-corrected chi connectivity index (χ2v) is 13.1. The van der Waals surface area contributed by atoms with Gasteiger partial charge in [-0.1, -0.05) is 77.7 Å². The van der Waals surface area contributed by atoms with Gasteiger partial charge in [-0.25, -0.2) is 0 Å². The lowest BCUT2D eigenvalue weighted by Gasteiger charge is -2.55. The first kappa shape index (κ1) is 25.1. The zero-order valence-electron chi connectivity index (χ0n) is 22.6. The Morgan fingerprint density at radius 2 is 1.79 bits per heavy atom. The molecular weight excluding hydrogens is 404 g/mol. The predicted octanol–water partition coefficient (Wildman–Crippen LogP) is 8.52. The Balaban J connectivity index is 1.49. The van der Waals surface area contributed by atoms with Crippen LogP contribution in [-0.2, 0) is 9.53 Å². The number of carbonyl (C=O) groups is 1. The molecule has 0 amide bonds. The number of carbonyl (C=O) groups excluding carboxylic acids is 1. The molecule has 4 aliphatic carbocycles. The van der Waals surface area contributed by atoms with E-state index in [2.05, 4.69) is 53.7 Å². The van der Waals surface area contributed by atoms with Gasteiger partial charge in [-0.3, -0.25) is 4.79 Å². The van der Waals surface area contributed by atoms with Gasteiger partial charge in [-0.15, -0.1) is 0 Å². The summed E-state index contributed by atoms with van der Waals surface area (Å²) in [6.07, 6.45) is 17.9. The maximum Gasteiger partial charge on any atom is 0.302 e. The summed E-state index contributed by atoms with van der Waals surface area (Å²) in [5.41, 5.74) is 4.08. The normalized spacial score (nSPS) is 39.6. The summed E-state index contributed by atoms with van der Waals surface area (Å²) in [4.78, 5) is 11.5. The van der Waals surface area contributed by atoms with Crippen molar-refractivity contribution in [2.24, 2.45) is 46.3 Å². The van der Waals surface area contributed by atoms with Crippen LogP contribution in [-0.4, -0.2) is 12.1 Å². The molecule has 0 aromatic heterocycles. The lowest BCUT2D eigenvalue weighted by Crippen LogP contribution is -2.46. The summed E-state index contributed by atoms with van der Waals surface area (Å²) in [5, 5.41) is 0. The van der Waals surface area contributed by atoms with E-state index in [4.69, 9.17) is 4.74 Å². The number of ether oxygens (including phenoxy) is 1. The van der Waals surface area contributed by atoms with Gasteiger partial charge in [-0.05, 0) is 91.3 Å². The van der Waals surface area contributed by atoms with Crippen molar-refractivity contribution < 1.29 is 9.53 Å². The molecule has 3 saturated carbocycles. The molecule has 0 radical (unpaired) electrons. The molecule has 0 aromatic rings. The molecule has 186 valence electrons. The summed E-state index contributed by atoms with van der Waals surface area (Å²) in [5.74, 6) is 4.77. The number of hydrogen-bond acceptors (Lipinski definition) is 2. The standard InChI is InChI=1S/C31H50O2/c1-8-23(20(2)3)10-9-21(4)27-13-14-28-26-12-11-24-19-25(33-22(5)32)15-17-30(24,6)29(26)16-18-31(27,28)7/h11-12,20-21,23,25,27-29H,8-10,13-19H2,1-7H3/t21-,23+,25+,27-,28+,29+,30-,31-/m0/s1. The van der Waals surface area contributed by atoms with Crippen LogP contribution in [0.1, 0.15) is 113 Å². The maximum atomic E-state index is 11.5. The van der Waals surface area contributed by atoms with Gasteiger partial charge in [0.2, 0.25) is 0 Å². The van der Waals surface area contributed by atoms with E-state index in [1.54, 1.807) is 18.1 Å². The van der Waals surface area contributed by atoms with Gasteiger partial charge in [0, 0.05) is 13.3 Å². The molecule has 33 heavy (non-hydrogen) atoms. The van der Waals surface area contributed by atoms with Crippen molar-refractivity contribution >= 4 is 5.97 Å². The van der Waals surface area contributed by atoms with Crippen molar-refractivity contribution in [3.63, 3.8) is 0 Å². The topological polar surface area (TPSA) is 26.3 Å². The quantitative estimate of drug-likeness (QED) is 0.360. The van der Waals surface area contributed by atoms with E-state index in [1.807, 2.05) is 0 Å². The summed E-state index contributed by atoms with van der Waals surface area (Å²) in [7, 11) is 0. The second kappa shape index (κ2) is 9.54. The van der Waals surface area contributed by atoms with E-state index in [1.165, 1.54) is 44.9 Å². The zero-order chi connectivity index (χ0) is 24.0. The Morgan fingerprint density at radius 3 is 2.45 bits per heavy atom. The molecule has 0 heterocycles. The Labute approximate surface area is 204 Å². The monoisotopic (exact) mass is 454 g/mol. The molecule has 0 N–H and O–H groups in total. The van der Waals surface area contributed by atoms with Gasteiger partial charge in [0.05, 0.1) is 0 Å². The van der Waals surface area contributed by atoms with Crippen molar-refractivity contribution in [1.29, 1.82) is 0 Å². The molecule has 0 unspecified atom stereocenters. The molecule has 0 saturated heterocycles. The maximum absolute atomic E-state index is 11.5. The van der Waals surface area contributed by atoms with Crippen LogP contribution in [0.5, 0.6) is 0 Å². The largest absolute Gasteiger partial charge is 0.462 e. The summed E-state index contributed by atoms with van der Waals surface area (Å²) in [6.45, 7) is 16.5. The molecule has 8 atom stereocenters. The van der Waals surface area contributed by atoms with Crippen LogP contribution in [0.4, 0.5) is 0 Å². The first-order valence-electron chi connectivity index (χ1n) is 14.2. The van der Waals surface area contributed by atoms with Gasteiger partial charge < -0.3 is 4.74 Å². The third kappa shape index (κ3) is 4.50. The van der Waals surface area contributed by atoms with Crippen molar-refractivity contribution in [2.75, 3.05) is 0 Å². The first-order chi connectivity index (χ1) is 15.6. The minimum Gasteiger partial charge on any atom is -0.462 e. The van der Waals surface area contributed by atoms with Crippen LogP contribution in [0.3, 0.4) is 0 Å². The van der Waals surface area contributed by atoms with Gasteiger partial charge >= 0.3 is 5.97 Å². The molecule has 0 aromatic carbocycles. The molecule has 4 aliphatic rings. The van der Waals surface area contributed by atoms with Crippen molar-refractivity contribution in [3.8, 4) is 0 Å². The fourth-order valence-corrected chi connectivity index (χ4v) is 8.97.